The Morgan fingerprint density at radius 2 is 1.45 bits per heavy atom. The van der Waals surface area contributed by atoms with Gasteiger partial charge in [0.1, 0.15) is 0 Å². The smallest absolute Gasteiger partial charge is 0.195 e. The molecule has 0 spiro atoms. The monoisotopic (exact) mass is 308 g/mol. The van der Waals surface area contributed by atoms with Gasteiger partial charge in [0.2, 0.25) is 0 Å². The van der Waals surface area contributed by atoms with Gasteiger partial charge >= 0.3 is 0 Å². The van der Waals surface area contributed by atoms with Crippen molar-refractivity contribution >= 4 is 23.1 Å². The van der Waals surface area contributed by atoms with Crippen LogP contribution in [-0.4, -0.2) is 15.8 Å². The SMILES string of the molecule is Oc1cc(Cl)cnc1N=C(c1ccccc1)c1ccccc1. The third-order valence-electron chi connectivity index (χ3n) is 3.13. The molecule has 108 valence electrons. The molecule has 4 heteroatoms. The van der Waals surface area contributed by atoms with Crippen LogP contribution < -0.4 is 0 Å². The van der Waals surface area contributed by atoms with Crippen molar-refractivity contribution < 1.29 is 5.11 Å². The van der Waals surface area contributed by atoms with Crippen molar-refractivity contribution in [2.75, 3.05) is 0 Å². The fraction of sp³-hybridized carbons (Fsp3) is 0. The highest BCUT2D eigenvalue weighted by atomic mass is 35.5. The van der Waals surface area contributed by atoms with E-state index in [0.717, 1.165) is 16.8 Å². The maximum Gasteiger partial charge on any atom is 0.195 e. The molecule has 0 radical (unpaired) electrons. The van der Waals surface area contributed by atoms with Gasteiger partial charge in [-0.1, -0.05) is 72.3 Å². The zero-order valence-corrected chi connectivity index (χ0v) is 12.4. The Morgan fingerprint density at radius 3 is 1.95 bits per heavy atom. The lowest BCUT2D eigenvalue weighted by Crippen LogP contribution is -2.02. The van der Waals surface area contributed by atoms with Gasteiger partial charge in [0.25, 0.3) is 0 Å². The first kappa shape index (κ1) is 14.3. The first-order chi connectivity index (χ1) is 10.7. The van der Waals surface area contributed by atoms with E-state index in [9.17, 15) is 5.11 Å². The number of halogens is 1. The lowest BCUT2D eigenvalue weighted by atomic mass is 10.0. The van der Waals surface area contributed by atoms with Crippen LogP contribution in [0, 0.1) is 0 Å². The molecule has 0 saturated heterocycles. The maximum atomic E-state index is 9.98. The van der Waals surface area contributed by atoms with E-state index in [1.54, 1.807) is 0 Å². The number of aromatic hydroxyl groups is 1. The van der Waals surface area contributed by atoms with E-state index in [-0.39, 0.29) is 11.6 Å². The molecule has 0 fully saturated rings. The van der Waals surface area contributed by atoms with Gasteiger partial charge < -0.3 is 5.11 Å². The molecular formula is C18H13ClN2O. The average molecular weight is 309 g/mol. The van der Waals surface area contributed by atoms with Crippen molar-refractivity contribution in [1.82, 2.24) is 4.98 Å². The molecule has 3 aromatic rings. The third kappa shape index (κ3) is 3.15. The molecule has 0 amide bonds. The first-order valence-corrected chi connectivity index (χ1v) is 7.16. The molecule has 0 aliphatic carbocycles. The van der Waals surface area contributed by atoms with Crippen molar-refractivity contribution in [2.45, 2.75) is 0 Å². The number of pyridine rings is 1. The standard InChI is InChI=1S/C18H13ClN2O/c19-15-11-16(22)18(20-12-15)21-17(13-7-3-1-4-8-13)14-9-5-2-6-10-14/h1-12,22H. The number of aliphatic imine (C=N–C) groups is 1. The Hall–Kier alpha value is -2.65. The predicted octanol–water partition coefficient (Wildman–Crippen LogP) is 4.61. The van der Waals surface area contributed by atoms with Crippen molar-refractivity contribution in [3.63, 3.8) is 0 Å². The van der Waals surface area contributed by atoms with Crippen LogP contribution in [0.4, 0.5) is 5.82 Å². The van der Waals surface area contributed by atoms with Gasteiger partial charge in [-0.2, -0.15) is 0 Å². The van der Waals surface area contributed by atoms with E-state index >= 15 is 0 Å². The zero-order valence-electron chi connectivity index (χ0n) is 11.6. The first-order valence-electron chi connectivity index (χ1n) is 6.78. The van der Waals surface area contributed by atoms with Gasteiger partial charge in [-0.3, -0.25) is 0 Å². The summed E-state index contributed by atoms with van der Waals surface area (Å²) in [4.78, 5) is 8.64. The zero-order chi connectivity index (χ0) is 15.4. The van der Waals surface area contributed by atoms with Crippen molar-refractivity contribution in [3.8, 4) is 5.75 Å². The Balaban J connectivity index is 2.15. The summed E-state index contributed by atoms with van der Waals surface area (Å²) in [5.41, 5.74) is 2.64. The van der Waals surface area contributed by atoms with Crippen LogP contribution in [0.3, 0.4) is 0 Å². The van der Waals surface area contributed by atoms with Crippen LogP contribution >= 0.6 is 11.6 Å². The van der Waals surface area contributed by atoms with E-state index in [1.807, 2.05) is 60.7 Å². The molecular weight excluding hydrogens is 296 g/mol. The molecule has 3 nitrogen and oxygen atoms in total. The highest BCUT2D eigenvalue weighted by Gasteiger charge is 2.09. The summed E-state index contributed by atoms with van der Waals surface area (Å²) in [6.07, 6.45) is 1.47. The molecule has 1 N–H and O–H groups in total. The van der Waals surface area contributed by atoms with Crippen molar-refractivity contribution in [1.29, 1.82) is 0 Å². The van der Waals surface area contributed by atoms with Crippen LogP contribution in [0.5, 0.6) is 5.75 Å². The lowest BCUT2D eigenvalue weighted by molar-refractivity contribution is 0.474. The molecule has 0 aliphatic heterocycles. The summed E-state index contributed by atoms with van der Waals surface area (Å²) < 4.78 is 0. The summed E-state index contributed by atoms with van der Waals surface area (Å²) in [6, 6.07) is 21.0. The maximum absolute atomic E-state index is 9.98. The fourth-order valence-corrected chi connectivity index (χ4v) is 2.25. The Morgan fingerprint density at radius 1 is 0.909 bits per heavy atom. The second kappa shape index (κ2) is 6.41. The van der Waals surface area contributed by atoms with Gasteiger partial charge in [0, 0.05) is 23.4 Å². The van der Waals surface area contributed by atoms with Crippen LogP contribution in [-0.2, 0) is 0 Å². The van der Waals surface area contributed by atoms with E-state index < -0.39 is 0 Å². The van der Waals surface area contributed by atoms with Gasteiger partial charge in [0.05, 0.1) is 10.7 Å². The number of aromatic nitrogens is 1. The van der Waals surface area contributed by atoms with Gasteiger partial charge in [-0.25, -0.2) is 9.98 Å². The van der Waals surface area contributed by atoms with Crippen molar-refractivity contribution in [3.05, 3.63) is 89.1 Å². The average Bonchev–Trinajstić information content (AvgIpc) is 2.56. The van der Waals surface area contributed by atoms with Crippen molar-refractivity contribution in [2.24, 2.45) is 4.99 Å². The normalized spacial score (nSPS) is 10.2. The molecule has 0 unspecified atom stereocenters. The van der Waals surface area contributed by atoms with Crippen LogP contribution in [0.25, 0.3) is 0 Å². The molecule has 0 aliphatic rings. The number of hydrogen-bond donors (Lipinski definition) is 1. The van der Waals surface area contributed by atoms with Crippen LogP contribution in [0.15, 0.2) is 77.9 Å². The summed E-state index contributed by atoms with van der Waals surface area (Å²) in [5.74, 6) is 0.198. The van der Waals surface area contributed by atoms with Gasteiger partial charge in [-0.15, -0.1) is 0 Å². The highest BCUT2D eigenvalue weighted by molar-refractivity contribution is 6.30. The molecule has 0 saturated carbocycles. The summed E-state index contributed by atoms with van der Waals surface area (Å²) in [7, 11) is 0. The quantitative estimate of drug-likeness (QED) is 0.718. The number of rotatable bonds is 3. The van der Waals surface area contributed by atoms with E-state index in [1.165, 1.54) is 12.3 Å². The van der Waals surface area contributed by atoms with E-state index in [4.69, 9.17) is 11.6 Å². The minimum atomic E-state index is -0.0446. The fourth-order valence-electron chi connectivity index (χ4n) is 2.10. The summed E-state index contributed by atoms with van der Waals surface area (Å²) in [5, 5.41) is 10.4. The minimum Gasteiger partial charge on any atom is -0.504 e. The number of nitrogens with zero attached hydrogens (tertiary/aromatic N) is 2. The van der Waals surface area contributed by atoms with E-state index in [2.05, 4.69) is 9.98 Å². The van der Waals surface area contributed by atoms with E-state index in [0.29, 0.717) is 5.02 Å². The minimum absolute atomic E-state index is 0.0446. The Labute approximate surface area is 133 Å². The predicted molar refractivity (Wildman–Crippen MR) is 89.1 cm³/mol. The molecule has 2 aromatic carbocycles. The van der Waals surface area contributed by atoms with Crippen LogP contribution in [0.1, 0.15) is 11.1 Å². The summed E-state index contributed by atoms with van der Waals surface area (Å²) in [6.45, 7) is 0. The molecule has 1 heterocycles. The highest BCUT2D eigenvalue weighted by Crippen LogP contribution is 2.28. The largest absolute Gasteiger partial charge is 0.504 e. The molecule has 0 bridgehead atoms. The lowest BCUT2D eigenvalue weighted by Gasteiger charge is -2.08. The van der Waals surface area contributed by atoms with Gasteiger partial charge in [0.15, 0.2) is 11.6 Å². The van der Waals surface area contributed by atoms with Crippen LogP contribution in [0.2, 0.25) is 5.02 Å². The third-order valence-corrected chi connectivity index (χ3v) is 3.33. The molecule has 0 atom stereocenters. The van der Waals surface area contributed by atoms with Gasteiger partial charge in [-0.05, 0) is 0 Å². The molecule has 1 aromatic heterocycles. The Kier molecular flexibility index (Phi) is 4.17. The topological polar surface area (TPSA) is 45.5 Å². The molecule has 22 heavy (non-hydrogen) atoms. The second-order valence-corrected chi connectivity index (χ2v) is 5.13. The Bertz CT molecular complexity index is 760. The number of benzene rings is 2. The summed E-state index contributed by atoms with van der Waals surface area (Å²) >= 11 is 5.82. The molecule has 3 rings (SSSR count). The second-order valence-electron chi connectivity index (χ2n) is 4.69. The number of hydrogen-bond acceptors (Lipinski definition) is 3.